The number of nitrogens with one attached hydrogen (secondary N) is 2. The molecule has 1 heterocycles. The molecule has 0 saturated heterocycles. The topological polar surface area (TPSA) is 79.2 Å². The van der Waals surface area contributed by atoms with E-state index in [1.54, 1.807) is 36.0 Å². The molecule has 0 bridgehead atoms. The highest BCUT2D eigenvalue weighted by molar-refractivity contribution is 6.42. The molecule has 1 atom stereocenters. The number of benzene rings is 1. The quantitative estimate of drug-likeness (QED) is 0.781. The summed E-state index contributed by atoms with van der Waals surface area (Å²) in [5.41, 5.74) is 0.796. The average molecular weight is 343 g/mol. The number of hydrogen-bond donors (Lipinski definition) is 3. The molecule has 8 heteroatoms. The molecule has 0 aliphatic heterocycles. The van der Waals surface area contributed by atoms with Crippen LogP contribution < -0.4 is 10.6 Å². The molecule has 0 fully saturated rings. The van der Waals surface area contributed by atoms with Crippen LogP contribution in [0.3, 0.4) is 0 Å². The first-order chi connectivity index (χ1) is 10.5. The van der Waals surface area contributed by atoms with Crippen molar-refractivity contribution in [3.63, 3.8) is 0 Å². The fraction of sp³-hybridized carbons (Fsp3) is 0.286. The number of halogens is 2. The minimum absolute atomic E-state index is 0.134. The molecule has 118 valence electrons. The molecule has 0 radical (unpaired) electrons. The van der Waals surface area contributed by atoms with E-state index < -0.39 is 6.03 Å². The van der Waals surface area contributed by atoms with Crippen molar-refractivity contribution in [3.05, 3.63) is 46.1 Å². The van der Waals surface area contributed by atoms with Crippen LogP contribution in [0.1, 0.15) is 12.5 Å². The number of aliphatic hydroxyl groups excluding tert-OH is 1. The van der Waals surface area contributed by atoms with Crippen LogP contribution in [0.25, 0.3) is 0 Å². The number of amides is 2. The second-order valence-electron chi connectivity index (χ2n) is 4.77. The van der Waals surface area contributed by atoms with E-state index in [-0.39, 0.29) is 12.6 Å². The summed E-state index contributed by atoms with van der Waals surface area (Å²) in [5, 5.41) is 19.3. The summed E-state index contributed by atoms with van der Waals surface area (Å²) < 4.78 is 1.60. The Hall–Kier alpha value is -1.76. The smallest absolute Gasteiger partial charge is 0.320 e. The summed E-state index contributed by atoms with van der Waals surface area (Å²) in [6, 6.07) is 6.27. The van der Waals surface area contributed by atoms with Gasteiger partial charge in [0.05, 0.1) is 35.4 Å². The van der Waals surface area contributed by atoms with E-state index >= 15 is 0 Å². The number of carbonyl (C=O) groups is 1. The van der Waals surface area contributed by atoms with Gasteiger partial charge in [-0.2, -0.15) is 5.10 Å². The van der Waals surface area contributed by atoms with Crippen molar-refractivity contribution in [1.82, 2.24) is 15.1 Å². The lowest BCUT2D eigenvalue weighted by molar-refractivity contribution is 0.229. The van der Waals surface area contributed by atoms with Crippen molar-refractivity contribution in [1.29, 1.82) is 0 Å². The van der Waals surface area contributed by atoms with Crippen LogP contribution in [0, 0.1) is 0 Å². The van der Waals surface area contributed by atoms with Gasteiger partial charge in [-0.15, -0.1) is 0 Å². The minimum Gasteiger partial charge on any atom is -0.394 e. The van der Waals surface area contributed by atoms with Gasteiger partial charge in [0.15, 0.2) is 0 Å². The predicted octanol–water partition coefficient (Wildman–Crippen LogP) is 2.74. The van der Waals surface area contributed by atoms with Crippen LogP contribution in [0.15, 0.2) is 30.5 Å². The van der Waals surface area contributed by atoms with Gasteiger partial charge in [-0.1, -0.05) is 35.3 Å². The van der Waals surface area contributed by atoms with Crippen LogP contribution in [0.2, 0.25) is 10.0 Å². The molecular formula is C14H16Cl2N4O2. The Kier molecular flexibility index (Phi) is 5.65. The first-order valence-corrected chi connectivity index (χ1v) is 7.40. The first-order valence-electron chi connectivity index (χ1n) is 6.64. The Balaban J connectivity index is 2.09. The van der Waals surface area contributed by atoms with Crippen molar-refractivity contribution < 1.29 is 9.90 Å². The van der Waals surface area contributed by atoms with Crippen molar-refractivity contribution in [3.8, 4) is 0 Å². The standard InChI is InChI=1S/C14H16Cl2N4O2/c1-9(8-21)18-14(22)19-12-5-6-17-20(12)7-10-3-2-4-11(15)13(10)16/h2-6,9,21H,7-8H2,1H3,(H2,18,19,22)/t9-/m0/s1. The third kappa shape index (κ3) is 4.13. The van der Waals surface area contributed by atoms with Gasteiger partial charge in [-0.3, -0.25) is 5.32 Å². The van der Waals surface area contributed by atoms with Gasteiger partial charge in [0.2, 0.25) is 0 Å². The van der Waals surface area contributed by atoms with Gasteiger partial charge in [0, 0.05) is 6.07 Å². The Bertz CT molecular complexity index is 660. The number of aromatic nitrogens is 2. The molecule has 6 nitrogen and oxygen atoms in total. The molecule has 1 aromatic carbocycles. The Morgan fingerprint density at radius 3 is 2.91 bits per heavy atom. The SMILES string of the molecule is C[C@@H](CO)NC(=O)Nc1ccnn1Cc1cccc(Cl)c1Cl. The highest BCUT2D eigenvalue weighted by Crippen LogP contribution is 2.26. The van der Waals surface area contributed by atoms with Gasteiger partial charge in [-0.25, -0.2) is 9.48 Å². The molecule has 3 N–H and O–H groups in total. The largest absolute Gasteiger partial charge is 0.394 e. The van der Waals surface area contributed by atoms with Gasteiger partial charge < -0.3 is 10.4 Å². The molecule has 0 unspecified atom stereocenters. The third-order valence-corrected chi connectivity index (χ3v) is 3.82. The maximum Gasteiger partial charge on any atom is 0.320 e. The van der Waals surface area contributed by atoms with Crippen molar-refractivity contribution >= 4 is 35.1 Å². The fourth-order valence-corrected chi connectivity index (χ4v) is 2.20. The first kappa shape index (κ1) is 16.6. The van der Waals surface area contributed by atoms with Crippen LogP contribution >= 0.6 is 23.2 Å². The minimum atomic E-state index is -0.416. The monoisotopic (exact) mass is 342 g/mol. The second kappa shape index (κ2) is 7.49. The normalized spacial score (nSPS) is 12.0. The zero-order valence-electron chi connectivity index (χ0n) is 11.9. The molecule has 0 saturated carbocycles. The van der Waals surface area contributed by atoms with E-state index in [1.807, 2.05) is 6.07 Å². The molecule has 0 aliphatic rings. The number of nitrogens with zero attached hydrogens (tertiary/aromatic N) is 2. The van der Waals surface area contributed by atoms with E-state index in [0.29, 0.717) is 22.4 Å². The van der Waals surface area contributed by atoms with Gasteiger partial charge in [0.1, 0.15) is 5.82 Å². The molecule has 0 spiro atoms. The second-order valence-corrected chi connectivity index (χ2v) is 5.55. The predicted molar refractivity (Wildman–Crippen MR) is 86.5 cm³/mol. The maximum atomic E-state index is 11.8. The summed E-state index contributed by atoms with van der Waals surface area (Å²) in [4.78, 5) is 11.8. The molecular weight excluding hydrogens is 327 g/mol. The van der Waals surface area contributed by atoms with E-state index in [2.05, 4.69) is 15.7 Å². The highest BCUT2D eigenvalue weighted by Gasteiger charge is 2.11. The molecule has 22 heavy (non-hydrogen) atoms. The van der Waals surface area contributed by atoms with Crippen LogP contribution in [-0.2, 0) is 6.54 Å². The van der Waals surface area contributed by atoms with E-state index in [1.165, 1.54) is 0 Å². The molecule has 2 rings (SSSR count). The highest BCUT2D eigenvalue weighted by atomic mass is 35.5. The number of hydrogen-bond acceptors (Lipinski definition) is 3. The summed E-state index contributed by atoms with van der Waals surface area (Å²) >= 11 is 12.1. The van der Waals surface area contributed by atoms with Crippen molar-refractivity contribution in [2.45, 2.75) is 19.5 Å². The van der Waals surface area contributed by atoms with Crippen LogP contribution in [-0.4, -0.2) is 33.6 Å². The zero-order valence-corrected chi connectivity index (χ0v) is 13.4. The number of urea groups is 1. The lowest BCUT2D eigenvalue weighted by atomic mass is 10.2. The maximum absolute atomic E-state index is 11.8. The summed E-state index contributed by atoms with van der Waals surface area (Å²) in [5.74, 6) is 0.513. The van der Waals surface area contributed by atoms with E-state index in [9.17, 15) is 4.79 Å². The summed E-state index contributed by atoms with van der Waals surface area (Å²) in [6.45, 7) is 1.94. The average Bonchev–Trinajstić information content (AvgIpc) is 2.90. The van der Waals surface area contributed by atoms with Gasteiger partial charge in [-0.05, 0) is 18.6 Å². The van der Waals surface area contributed by atoms with Crippen molar-refractivity contribution in [2.24, 2.45) is 0 Å². The molecule has 0 aliphatic carbocycles. The van der Waals surface area contributed by atoms with Crippen LogP contribution in [0.5, 0.6) is 0 Å². The number of anilines is 1. The van der Waals surface area contributed by atoms with Crippen LogP contribution in [0.4, 0.5) is 10.6 Å². The van der Waals surface area contributed by atoms with Crippen molar-refractivity contribution in [2.75, 3.05) is 11.9 Å². The van der Waals surface area contributed by atoms with E-state index in [0.717, 1.165) is 5.56 Å². The summed E-state index contributed by atoms with van der Waals surface area (Å²) in [6.07, 6.45) is 1.57. The fourth-order valence-electron chi connectivity index (χ4n) is 1.82. The molecule has 2 amide bonds. The number of carbonyl (C=O) groups excluding carboxylic acids is 1. The lowest BCUT2D eigenvalue weighted by Gasteiger charge is -2.13. The number of aliphatic hydroxyl groups is 1. The Labute approximate surface area is 138 Å². The zero-order chi connectivity index (χ0) is 16.1. The van der Waals surface area contributed by atoms with Gasteiger partial charge in [0.25, 0.3) is 0 Å². The Morgan fingerprint density at radius 2 is 2.18 bits per heavy atom. The molecule has 2 aromatic rings. The summed E-state index contributed by atoms with van der Waals surface area (Å²) in [7, 11) is 0. The number of rotatable bonds is 5. The third-order valence-electron chi connectivity index (χ3n) is 2.96. The Morgan fingerprint density at radius 1 is 1.41 bits per heavy atom. The molecule has 1 aromatic heterocycles. The van der Waals surface area contributed by atoms with Gasteiger partial charge >= 0.3 is 6.03 Å². The van der Waals surface area contributed by atoms with E-state index in [4.69, 9.17) is 28.3 Å². The lowest BCUT2D eigenvalue weighted by Crippen LogP contribution is -2.38.